The molecular weight excluding hydrogens is 328 g/mol. The largest absolute Gasteiger partial charge is 0.472 e. The Kier molecular flexibility index (Phi) is 4.78. The normalized spacial score (nSPS) is 16.6. The number of amides is 1. The van der Waals surface area contributed by atoms with E-state index in [0.717, 1.165) is 6.42 Å². The molecule has 0 radical (unpaired) electrons. The van der Waals surface area contributed by atoms with E-state index in [1.807, 2.05) is 0 Å². The third-order valence-corrected chi connectivity index (χ3v) is 4.13. The van der Waals surface area contributed by atoms with Crippen LogP contribution in [0.3, 0.4) is 0 Å². The minimum absolute atomic E-state index is 0.0381. The summed E-state index contributed by atoms with van der Waals surface area (Å²) in [6.07, 6.45) is 4.08. The molecule has 0 spiro atoms. The highest BCUT2D eigenvalue weighted by Gasteiger charge is 2.33. The number of furan rings is 1. The molecule has 3 rings (SSSR count). The minimum Gasteiger partial charge on any atom is -0.472 e. The SMILES string of the molecule is O=C(OCC1CCCN1C(=O)c1ccccc1[N+](=O)[O-])c1ccoc1. The highest BCUT2D eigenvalue weighted by Crippen LogP contribution is 2.25. The van der Waals surface area contributed by atoms with E-state index < -0.39 is 16.8 Å². The predicted octanol–water partition coefficient (Wildman–Crippen LogP) is 2.65. The molecule has 0 saturated carbocycles. The molecule has 1 amide bonds. The smallest absolute Gasteiger partial charge is 0.341 e. The summed E-state index contributed by atoms with van der Waals surface area (Å²) in [5.74, 6) is -0.951. The number of nitro groups is 1. The van der Waals surface area contributed by atoms with E-state index in [2.05, 4.69) is 0 Å². The topological polar surface area (TPSA) is 103 Å². The zero-order valence-electron chi connectivity index (χ0n) is 13.3. The van der Waals surface area contributed by atoms with Crippen molar-refractivity contribution in [1.29, 1.82) is 0 Å². The van der Waals surface area contributed by atoms with Crippen LogP contribution in [-0.2, 0) is 4.74 Å². The standard InChI is InChI=1S/C17H16N2O6/c20-16(14-5-1-2-6-15(14)19(22)23)18-8-3-4-13(18)11-25-17(21)12-7-9-24-10-12/h1-2,5-7,9-10,13H,3-4,8,11H2. The van der Waals surface area contributed by atoms with Gasteiger partial charge in [-0.2, -0.15) is 0 Å². The molecule has 1 saturated heterocycles. The molecule has 1 aliphatic heterocycles. The van der Waals surface area contributed by atoms with Crippen LogP contribution in [0.2, 0.25) is 0 Å². The molecule has 0 aliphatic carbocycles. The Morgan fingerprint density at radius 3 is 2.84 bits per heavy atom. The molecule has 8 heteroatoms. The number of nitrogens with zero attached hydrogens (tertiary/aromatic N) is 2. The van der Waals surface area contributed by atoms with Crippen LogP contribution in [0.4, 0.5) is 5.69 Å². The Bertz CT molecular complexity index is 786. The van der Waals surface area contributed by atoms with Crippen molar-refractivity contribution in [3.63, 3.8) is 0 Å². The Hall–Kier alpha value is -3.16. The maximum Gasteiger partial charge on any atom is 0.341 e. The number of benzene rings is 1. The van der Waals surface area contributed by atoms with Gasteiger partial charge in [0.2, 0.25) is 0 Å². The lowest BCUT2D eigenvalue weighted by molar-refractivity contribution is -0.385. The Labute approximate surface area is 143 Å². The van der Waals surface area contributed by atoms with Crippen molar-refractivity contribution in [3.8, 4) is 0 Å². The third kappa shape index (κ3) is 3.52. The number of carbonyl (C=O) groups excluding carboxylic acids is 2. The molecule has 130 valence electrons. The molecule has 0 N–H and O–H groups in total. The van der Waals surface area contributed by atoms with Crippen LogP contribution in [-0.4, -0.2) is 40.9 Å². The Morgan fingerprint density at radius 1 is 1.32 bits per heavy atom. The second-order valence-electron chi connectivity index (χ2n) is 5.68. The number of nitro benzene ring substituents is 1. The number of rotatable bonds is 5. The van der Waals surface area contributed by atoms with Crippen molar-refractivity contribution in [2.75, 3.05) is 13.2 Å². The maximum atomic E-state index is 12.7. The first-order valence-corrected chi connectivity index (χ1v) is 7.81. The van der Waals surface area contributed by atoms with Gasteiger partial charge >= 0.3 is 5.97 Å². The summed E-state index contributed by atoms with van der Waals surface area (Å²) in [6, 6.07) is 7.04. The predicted molar refractivity (Wildman–Crippen MR) is 86.1 cm³/mol. The van der Waals surface area contributed by atoms with Crippen LogP contribution in [0, 0.1) is 10.1 Å². The summed E-state index contributed by atoms with van der Waals surface area (Å²) in [5, 5.41) is 11.1. The first-order chi connectivity index (χ1) is 12.1. The number of para-hydroxylation sites is 1. The van der Waals surface area contributed by atoms with Crippen molar-refractivity contribution in [2.45, 2.75) is 18.9 Å². The molecule has 1 atom stereocenters. The van der Waals surface area contributed by atoms with Gasteiger partial charge in [0.1, 0.15) is 18.4 Å². The van der Waals surface area contributed by atoms with Gasteiger partial charge in [-0.1, -0.05) is 12.1 Å². The second-order valence-corrected chi connectivity index (χ2v) is 5.68. The average molecular weight is 344 g/mol. The molecule has 8 nitrogen and oxygen atoms in total. The summed E-state index contributed by atoms with van der Waals surface area (Å²) in [4.78, 5) is 36.7. The quantitative estimate of drug-likeness (QED) is 0.469. The van der Waals surface area contributed by atoms with Crippen molar-refractivity contribution in [2.24, 2.45) is 0 Å². The van der Waals surface area contributed by atoms with Crippen molar-refractivity contribution >= 4 is 17.6 Å². The average Bonchev–Trinajstić information content (AvgIpc) is 3.30. The zero-order valence-corrected chi connectivity index (χ0v) is 13.3. The van der Waals surface area contributed by atoms with Gasteiger partial charge in [0.05, 0.1) is 22.8 Å². The molecular formula is C17H16N2O6. The molecule has 0 bridgehead atoms. The summed E-state index contributed by atoms with van der Waals surface area (Å²) in [6.45, 7) is 0.509. The third-order valence-electron chi connectivity index (χ3n) is 4.13. The summed E-state index contributed by atoms with van der Waals surface area (Å²) in [7, 11) is 0. The fraction of sp³-hybridized carbons (Fsp3) is 0.294. The van der Waals surface area contributed by atoms with Crippen molar-refractivity contribution in [1.82, 2.24) is 4.90 Å². The lowest BCUT2D eigenvalue weighted by atomic mass is 10.1. The number of hydrogen-bond donors (Lipinski definition) is 0. The van der Waals surface area contributed by atoms with E-state index in [4.69, 9.17) is 9.15 Å². The van der Waals surface area contributed by atoms with Crippen LogP contribution in [0.1, 0.15) is 33.6 Å². The Morgan fingerprint density at radius 2 is 2.12 bits per heavy atom. The van der Waals surface area contributed by atoms with E-state index in [9.17, 15) is 19.7 Å². The molecule has 1 unspecified atom stereocenters. The number of esters is 1. The van der Waals surface area contributed by atoms with Crippen LogP contribution < -0.4 is 0 Å². The van der Waals surface area contributed by atoms with Gasteiger partial charge in [0.15, 0.2) is 0 Å². The van der Waals surface area contributed by atoms with Crippen LogP contribution in [0.15, 0.2) is 47.3 Å². The van der Waals surface area contributed by atoms with Crippen LogP contribution >= 0.6 is 0 Å². The molecule has 1 aromatic heterocycles. The van der Waals surface area contributed by atoms with E-state index >= 15 is 0 Å². The van der Waals surface area contributed by atoms with Gasteiger partial charge in [-0.3, -0.25) is 14.9 Å². The zero-order chi connectivity index (χ0) is 17.8. The van der Waals surface area contributed by atoms with Gasteiger partial charge < -0.3 is 14.1 Å². The fourth-order valence-electron chi connectivity index (χ4n) is 2.88. The molecule has 25 heavy (non-hydrogen) atoms. The van der Waals surface area contributed by atoms with Gasteiger partial charge in [-0.05, 0) is 25.0 Å². The van der Waals surface area contributed by atoms with E-state index in [-0.39, 0.29) is 23.9 Å². The number of ether oxygens (including phenoxy) is 1. The lowest BCUT2D eigenvalue weighted by Gasteiger charge is -2.24. The first-order valence-electron chi connectivity index (χ1n) is 7.81. The summed E-state index contributed by atoms with van der Waals surface area (Å²) in [5.41, 5.74) is 0.115. The monoisotopic (exact) mass is 344 g/mol. The number of likely N-dealkylation sites (tertiary alicyclic amines) is 1. The highest BCUT2D eigenvalue weighted by atomic mass is 16.6. The summed E-state index contributed by atoms with van der Waals surface area (Å²) < 4.78 is 10.1. The lowest BCUT2D eigenvalue weighted by Crippen LogP contribution is -2.39. The van der Waals surface area contributed by atoms with Gasteiger partial charge in [0.25, 0.3) is 11.6 Å². The van der Waals surface area contributed by atoms with Gasteiger partial charge in [-0.25, -0.2) is 4.79 Å². The molecule has 1 aromatic carbocycles. The molecule has 1 fully saturated rings. The fourth-order valence-corrected chi connectivity index (χ4v) is 2.88. The molecule has 2 aromatic rings. The number of carbonyl (C=O) groups is 2. The molecule has 2 heterocycles. The Balaban J connectivity index is 1.70. The first kappa shape index (κ1) is 16.7. The highest BCUT2D eigenvalue weighted by molar-refractivity contribution is 5.98. The van der Waals surface area contributed by atoms with Gasteiger partial charge in [-0.15, -0.1) is 0 Å². The van der Waals surface area contributed by atoms with Gasteiger partial charge in [0, 0.05) is 12.6 Å². The van der Waals surface area contributed by atoms with E-state index in [1.54, 1.807) is 6.07 Å². The van der Waals surface area contributed by atoms with Crippen LogP contribution in [0.25, 0.3) is 0 Å². The van der Waals surface area contributed by atoms with Crippen LogP contribution in [0.5, 0.6) is 0 Å². The minimum atomic E-state index is -0.572. The van der Waals surface area contributed by atoms with E-state index in [1.165, 1.54) is 41.7 Å². The number of hydrogen-bond acceptors (Lipinski definition) is 6. The summed E-state index contributed by atoms with van der Waals surface area (Å²) >= 11 is 0. The van der Waals surface area contributed by atoms with Crippen molar-refractivity contribution < 1.29 is 23.7 Å². The second kappa shape index (κ2) is 7.16. The van der Waals surface area contributed by atoms with Crippen molar-refractivity contribution in [3.05, 3.63) is 64.1 Å². The molecule has 1 aliphatic rings. The maximum absolute atomic E-state index is 12.7. The van der Waals surface area contributed by atoms with E-state index in [0.29, 0.717) is 18.5 Å².